The van der Waals surface area contributed by atoms with Crippen LogP contribution in [0.15, 0.2) is 40.3 Å². The van der Waals surface area contributed by atoms with Crippen molar-refractivity contribution < 1.29 is 24.4 Å². The predicted molar refractivity (Wildman–Crippen MR) is 142 cm³/mol. The van der Waals surface area contributed by atoms with Gasteiger partial charge in [0.15, 0.2) is 0 Å². The van der Waals surface area contributed by atoms with Crippen LogP contribution in [0.3, 0.4) is 0 Å². The summed E-state index contributed by atoms with van der Waals surface area (Å²) in [6.07, 6.45) is 5.32. The summed E-state index contributed by atoms with van der Waals surface area (Å²) in [5, 5.41) is 24.9. The van der Waals surface area contributed by atoms with Crippen molar-refractivity contribution in [3.63, 3.8) is 0 Å². The quantitative estimate of drug-likeness (QED) is 0.0846. The van der Waals surface area contributed by atoms with Gasteiger partial charge in [0, 0.05) is 25.9 Å². The first-order valence-electron chi connectivity index (χ1n) is 12.5. The van der Waals surface area contributed by atoms with E-state index >= 15 is 0 Å². The fourth-order valence-electron chi connectivity index (χ4n) is 4.42. The highest BCUT2D eigenvalue weighted by molar-refractivity contribution is 6.43. The van der Waals surface area contributed by atoms with E-state index in [1.165, 1.54) is 11.8 Å². The molecule has 0 saturated heterocycles. The van der Waals surface area contributed by atoms with E-state index in [0.717, 1.165) is 37.6 Å². The Kier molecular flexibility index (Phi) is 12.6. The molecular weight excluding hydrogens is 477 g/mol. The Labute approximate surface area is 217 Å². The number of carbonyl (C=O) groups is 3. The van der Waals surface area contributed by atoms with Crippen molar-refractivity contribution in [3.05, 3.63) is 35.9 Å². The van der Waals surface area contributed by atoms with Crippen molar-refractivity contribution in [3.8, 4) is 0 Å². The number of nitrogens with zero attached hydrogens (tertiary/aromatic N) is 3. The van der Waals surface area contributed by atoms with Crippen LogP contribution in [0.5, 0.6) is 0 Å². The van der Waals surface area contributed by atoms with Crippen molar-refractivity contribution in [1.82, 2.24) is 15.5 Å². The molecular formula is C24H38BN7O5. The lowest BCUT2D eigenvalue weighted by Gasteiger charge is -2.32. The number of hydrogen-bond acceptors (Lipinski definition) is 6. The van der Waals surface area contributed by atoms with Gasteiger partial charge in [-0.3, -0.25) is 19.4 Å². The highest BCUT2D eigenvalue weighted by atomic mass is 16.4. The number of nitrogens with two attached hydrogens (primary N) is 2. The molecule has 1 aromatic carbocycles. The number of guanidine groups is 1. The Balaban J connectivity index is 2.09. The first kappa shape index (κ1) is 29.8. The number of nitrogens with one attached hydrogen (secondary N) is 2. The normalized spacial score (nSPS) is 15.8. The molecule has 2 atom stereocenters. The van der Waals surface area contributed by atoms with Gasteiger partial charge in [-0.05, 0) is 31.2 Å². The minimum absolute atomic E-state index is 0.00239. The van der Waals surface area contributed by atoms with Crippen LogP contribution in [0.4, 0.5) is 0 Å². The molecule has 0 radical (unpaired) electrons. The third-order valence-electron chi connectivity index (χ3n) is 6.18. The minimum atomic E-state index is -1.80. The van der Waals surface area contributed by atoms with E-state index in [9.17, 15) is 24.4 Å². The third-order valence-corrected chi connectivity index (χ3v) is 6.18. The number of rotatable bonds is 13. The molecule has 8 N–H and O–H groups in total. The van der Waals surface area contributed by atoms with Crippen LogP contribution < -0.4 is 22.1 Å². The zero-order chi connectivity index (χ0) is 27.2. The van der Waals surface area contributed by atoms with Crippen molar-refractivity contribution in [2.45, 2.75) is 69.9 Å². The minimum Gasteiger partial charge on any atom is -0.426 e. The van der Waals surface area contributed by atoms with E-state index in [1.54, 1.807) is 0 Å². The largest absolute Gasteiger partial charge is 0.475 e. The van der Waals surface area contributed by atoms with Gasteiger partial charge in [0.2, 0.25) is 23.7 Å². The molecule has 0 spiro atoms. The molecule has 0 bridgehead atoms. The van der Waals surface area contributed by atoms with Crippen molar-refractivity contribution in [2.75, 3.05) is 13.1 Å². The highest BCUT2D eigenvalue weighted by Crippen LogP contribution is 2.24. The lowest BCUT2D eigenvalue weighted by atomic mass is 9.76. The summed E-state index contributed by atoms with van der Waals surface area (Å²) in [6, 6.07) is 8.38. The van der Waals surface area contributed by atoms with Crippen LogP contribution in [0, 0.1) is 0 Å². The summed E-state index contributed by atoms with van der Waals surface area (Å²) in [4.78, 5) is 47.6. The number of hydrogen-bond donors (Lipinski definition) is 6. The third kappa shape index (κ3) is 10.6. The second-order valence-electron chi connectivity index (χ2n) is 9.10. The van der Waals surface area contributed by atoms with E-state index in [2.05, 4.69) is 20.6 Å². The van der Waals surface area contributed by atoms with Gasteiger partial charge in [-0.25, -0.2) is 4.99 Å². The highest BCUT2D eigenvalue weighted by Gasteiger charge is 2.34. The van der Waals surface area contributed by atoms with E-state index in [0.29, 0.717) is 12.8 Å². The molecule has 12 nitrogen and oxygen atoms in total. The maximum Gasteiger partial charge on any atom is 0.475 e. The molecule has 1 aliphatic rings. The van der Waals surface area contributed by atoms with Gasteiger partial charge in [0.05, 0.1) is 18.8 Å². The van der Waals surface area contributed by atoms with Gasteiger partial charge in [-0.2, -0.15) is 0 Å². The zero-order valence-electron chi connectivity index (χ0n) is 21.3. The number of benzene rings is 1. The molecule has 2 rings (SSSR count). The lowest BCUT2D eigenvalue weighted by Crippen LogP contribution is -2.56. The van der Waals surface area contributed by atoms with Crippen LogP contribution in [0.2, 0.25) is 0 Å². The van der Waals surface area contributed by atoms with E-state index in [4.69, 9.17) is 11.5 Å². The van der Waals surface area contributed by atoms with Crippen molar-refractivity contribution >= 4 is 37.1 Å². The standard InChI is InChI=1S/C24H38BN7O5/c1-17(33)30-20(14-18-8-3-2-4-9-18)23(35)32(19-10-5-6-11-19)15-22(34)31-21(25(36)37)12-7-13-28-24(27)29-16-26/h2-4,8-9,16,19-21,36-37H,5-7,10-15H2,1H3,(H,30,33)(H,31,34)(H4,26,27,28,29)/t20-,21+/m1/s1. The van der Waals surface area contributed by atoms with E-state index < -0.39 is 25.0 Å². The van der Waals surface area contributed by atoms with Crippen molar-refractivity contribution in [1.29, 1.82) is 0 Å². The van der Waals surface area contributed by atoms with Crippen LogP contribution in [-0.2, 0) is 20.8 Å². The Morgan fingerprint density at radius 2 is 1.86 bits per heavy atom. The van der Waals surface area contributed by atoms with E-state index in [-0.39, 0.29) is 43.3 Å². The first-order chi connectivity index (χ1) is 17.7. The second-order valence-corrected chi connectivity index (χ2v) is 9.10. The van der Waals surface area contributed by atoms with Gasteiger partial charge < -0.3 is 37.0 Å². The summed E-state index contributed by atoms with van der Waals surface area (Å²) < 4.78 is 0. The lowest BCUT2D eigenvalue weighted by molar-refractivity contribution is -0.141. The van der Waals surface area contributed by atoms with Gasteiger partial charge in [-0.15, -0.1) is 0 Å². The molecule has 0 aromatic heterocycles. The fraction of sp³-hybridized carbons (Fsp3) is 0.542. The Bertz CT molecular complexity index is 939. The smallest absolute Gasteiger partial charge is 0.426 e. The summed E-state index contributed by atoms with van der Waals surface area (Å²) in [5.74, 6) is -2.16. The Morgan fingerprint density at radius 3 is 2.46 bits per heavy atom. The van der Waals surface area contributed by atoms with Crippen LogP contribution in [0.25, 0.3) is 0 Å². The predicted octanol–water partition coefficient (Wildman–Crippen LogP) is -0.916. The average molecular weight is 515 g/mol. The molecule has 3 amide bonds. The van der Waals surface area contributed by atoms with Gasteiger partial charge in [0.25, 0.3) is 0 Å². The van der Waals surface area contributed by atoms with Crippen LogP contribution >= 0.6 is 0 Å². The molecule has 1 aliphatic carbocycles. The van der Waals surface area contributed by atoms with Crippen LogP contribution in [-0.4, -0.2) is 83.2 Å². The SMILES string of the molecule is CC(=O)N[C@H](Cc1ccccc1)C(=O)N(CC(=O)N[C@@H](CCCN=C(N)/N=C/N)B(O)O)C1CCCC1. The van der Waals surface area contributed by atoms with Gasteiger partial charge in [0.1, 0.15) is 6.04 Å². The van der Waals surface area contributed by atoms with Crippen molar-refractivity contribution in [2.24, 2.45) is 21.5 Å². The zero-order valence-corrected chi connectivity index (χ0v) is 21.3. The second kappa shape index (κ2) is 15.6. The molecule has 1 saturated carbocycles. The monoisotopic (exact) mass is 515 g/mol. The molecule has 37 heavy (non-hydrogen) atoms. The molecule has 0 aliphatic heterocycles. The first-order valence-corrected chi connectivity index (χ1v) is 12.5. The molecule has 202 valence electrons. The van der Waals surface area contributed by atoms with E-state index in [1.807, 2.05) is 30.3 Å². The Hall–Kier alpha value is -3.45. The summed E-state index contributed by atoms with van der Waals surface area (Å²) in [7, 11) is -1.80. The maximum atomic E-state index is 13.6. The molecule has 0 heterocycles. The molecule has 0 unspecified atom stereocenters. The fourth-order valence-corrected chi connectivity index (χ4v) is 4.42. The van der Waals surface area contributed by atoms with Gasteiger partial charge in [-0.1, -0.05) is 43.2 Å². The average Bonchev–Trinajstić information content (AvgIpc) is 3.39. The van der Waals surface area contributed by atoms with Gasteiger partial charge >= 0.3 is 7.12 Å². The molecule has 13 heteroatoms. The number of carbonyl (C=O) groups excluding carboxylic acids is 3. The number of amides is 3. The topological polar surface area (TPSA) is 196 Å². The summed E-state index contributed by atoms with van der Waals surface area (Å²) >= 11 is 0. The van der Waals surface area contributed by atoms with Crippen LogP contribution in [0.1, 0.15) is 51.0 Å². The molecule has 1 aromatic rings. The summed E-state index contributed by atoms with van der Waals surface area (Å²) in [6.45, 7) is 1.35. The summed E-state index contributed by atoms with van der Waals surface area (Å²) in [5.41, 5.74) is 11.6. The Morgan fingerprint density at radius 1 is 1.19 bits per heavy atom. The maximum absolute atomic E-state index is 13.6. The number of aliphatic imine (C=N–C) groups is 2. The molecule has 1 fully saturated rings.